The molecule has 192 valence electrons. The second-order valence-electron chi connectivity index (χ2n) is 11.9. The highest BCUT2D eigenvalue weighted by atomic mass is 16.6. The molecule has 9 heteroatoms. The van der Waals surface area contributed by atoms with E-state index in [1.54, 1.807) is 6.07 Å². The van der Waals surface area contributed by atoms with Crippen LogP contribution in [-0.2, 0) is 14.3 Å². The summed E-state index contributed by atoms with van der Waals surface area (Å²) in [5.41, 5.74) is -4.15. The summed E-state index contributed by atoms with van der Waals surface area (Å²) in [5.74, 6) is -1.38. The molecule has 0 aromatic carbocycles. The molecule has 4 N–H and O–H groups in total. The Morgan fingerprint density at radius 2 is 1.91 bits per heavy atom. The molecule has 4 aliphatic carbocycles. The molecule has 6 rings (SSSR count). The quantitative estimate of drug-likeness (QED) is 0.449. The van der Waals surface area contributed by atoms with Gasteiger partial charge < -0.3 is 34.3 Å². The van der Waals surface area contributed by atoms with Crippen LogP contribution >= 0.6 is 0 Å². The molecular weight excluding hydrogens is 456 g/mol. The van der Waals surface area contributed by atoms with Gasteiger partial charge in [-0.15, -0.1) is 0 Å². The van der Waals surface area contributed by atoms with Gasteiger partial charge in [-0.1, -0.05) is 6.92 Å². The Labute approximate surface area is 203 Å². The topological polar surface area (TPSA) is 147 Å². The average molecular weight is 491 g/mol. The van der Waals surface area contributed by atoms with Gasteiger partial charge in [-0.25, -0.2) is 4.79 Å². The summed E-state index contributed by atoms with van der Waals surface area (Å²) in [6, 6.07) is 3.15. The van der Waals surface area contributed by atoms with E-state index in [9.17, 15) is 30.0 Å². The number of rotatable bonds is 2. The van der Waals surface area contributed by atoms with Gasteiger partial charge in [0.25, 0.3) is 0 Å². The largest absolute Gasteiger partial charge is 0.462 e. The van der Waals surface area contributed by atoms with Crippen molar-refractivity contribution < 1.29 is 39.1 Å². The van der Waals surface area contributed by atoms with Crippen molar-refractivity contribution in [3.8, 4) is 0 Å². The van der Waals surface area contributed by atoms with Crippen LogP contribution in [-0.4, -0.2) is 62.2 Å². The van der Waals surface area contributed by atoms with Crippen LogP contribution in [0.4, 0.5) is 0 Å². The first kappa shape index (κ1) is 23.6. The zero-order chi connectivity index (χ0) is 25.0. The van der Waals surface area contributed by atoms with Gasteiger partial charge in [0.2, 0.25) is 0 Å². The Bertz CT molecular complexity index is 1080. The highest BCUT2D eigenvalue weighted by Gasteiger charge is 2.81. The smallest absolute Gasteiger partial charge is 0.335 e. The number of aliphatic hydroxyl groups is 4. The third-order valence-corrected chi connectivity index (χ3v) is 10.6. The molecule has 11 atom stereocenters. The molecule has 9 nitrogen and oxygen atoms in total. The highest BCUT2D eigenvalue weighted by molar-refractivity contribution is 5.66. The maximum Gasteiger partial charge on any atom is 0.335 e. The van der Waals surface area contributed by atoms with E-state index in [-0.39, 0.29) is 31.1 Å². The fraction of sp³-hybridized carbons (Fsp3) is 0.769. The van der Waals surface area contributed by atoms with Crippen molar-refractivity contribution in [3.05, 3.63) is 34.4 Å². The molecule has 5 fully saturated rings. The summed E-state index contributed by atoms with van der Waals surface area (Å²) in [7, 11) is 0. The number of fused-ring (bicyclic) bond motifs is 2. The molecule has 1 spiro atoms. The van der Waals surface area contributed by atoms with E-state index in [2.05, 4.69) is 0 Å². The highest BCUT2D eigenvalue weighted by Crippen LogP contribution is 2.74. The van der Waals surface area contributed by atoms with Crippen LogP contribution in [0.2, 0.25) is 0 Å². The van der Waals surface area contributed by atoms with E-state index in [4.69, 9.17) is 13.9 Å². The zero-order valence-corrected chi connectivity index (χ0v) is 20.1. The van der Waals surface area contributed by atoms with Gasteiger partial charge in [0.05, 0.1) is 35.1 Å². The molecule has 35 heavy (non-hydrogen) atoms. The van der Waals surface area contributed by atoms with E-state index >= 15 is 0 Å². The van der Waals surface area contributed by atoms with Crippen molar-refractivity contribution in [1.82, 2.24) is 0 Å². The molecular formula is C26H34O9. The van der Waals surface area contributed by atoms with Crippen LogP contribution < -0.4 is 5.63 Å². The second kappa shape index (κ2) is 7.38. The van der Waals surface area contributed by atoms with Gasteiger partial charge in [0, 0.05) is 37.2 Å². The molecule has 1 saturated heterocycles. The lowest BCUT2D eigenvalue weighted by Gasteiger charge is -2.66. The van der Waals surface area contributed by atoms with Crippen LogP contribution in [0.15, 0.2) is 27.6 Å². The predicted molar refractivity (Wildman–Crippen MR) is 120 cm³/mol. The Morgan fingerprint density at radius 3 is 2.60 bits per heavy atom. The molecule has 4 saturated carbocycles. The minimum Gasteiger partial charge on any atom is -0.462 e. The number of aliphatic hydroxyl groups excluding tert-OH is 2. The summed E-state index contributed by atoms with van der Waals surface area (Å²) >= 11 is 0. The van der Waals surface area contributed by atoms with Crippen LogP contribution in [0, 0.1) is 22.7 Å². The number of hydrogen-bond donors (Lipinski definition) is 4. The number of hydrogen-bond acceptors (Lipinski definition) is 9. The van der Waals surface area contributed by atoms with Crippen LogP contribution in [0.3, 0.4) is 0 Å². The van der Waals surface area contributed by atoms with E-state index in [0.29, 0.717) is 25.7 Å². The first-order chi connectivity index (χ1) is 16.5. The van der Waals surface area contributed by atoms with Crippen LogP contribution in [0.5, 0.6) is 0 Å². The second-order valence-corrected chi connectivity index (χ2v) is 11.9. The lowest BCUT2D eigenvalue weighted by atomic mass is 9.41. The average Bonchev–Trinajstić information content (AvgIpc) is 3.21. The summed E-state index contributed by atoms with van der Waals surface area (Å²) < 4.78 is 17.0. The molecule has 0 radical (unpaired) electrons. The van der Waals surface area contributed by atoms with E-state index in [1.165, 1.54) is 19.3 Å². The Kier molecular flexibility index (Phi) is 4.98. The van der Waals surface area contributed by atoms with Crippen LogP contribution in [0.25, 0.3) is 0 Å². The van der Waals surface area contributed by atoms with Crippen molar-refractivity contribution in [2.24, 2.45) is 22.7 Å². The standard InChI is InChI=1S/C26H34O9/c1-13(27)34-19-9-15(28)10-24(31)7-5-17-21-18(35-22(30)26(19,21)24)11-23(2)16(6-8-25(17,23)32)14-3-4-20(29)33-12-14/h3-4,12,15-19,21-22,28,30-32H,5-11H2,1-2H3/t15-,16+,17+,18+,19+,21+,22+,23+,24-,25-,26+/m0/s1. The monoisotopic (exact) mass is 490 g/mol. The van der Waals surface area contributed by atoms with Gasteiger partial charge in [0.1, 0.15) is 6.10 Å². The first-order valence-electron chi connectivity index (χ1n) is 12.7. The molecule has 0 bridgehead atoms. The van der Waals surface area contributed by atoms with E-state index < -0.39 is 64.1 Å². The number of esters is 1. The normalized spacial score (nSPS) is 52.3. The lowest BCUT2D eigenvalue weighted by molar-refractivity contribution is -0.304. The van der Waals surface area contributed by atoms with Crippen molar-refractivity contribution in [2.45, 2.75) is 101 Å². The summed E-state index contributed by atoms with van der Waals surface area (Å²) in [4.78, 5) is 23.6. The molecule has 0 unspecified atom stereocenters. The predicted octanol–water partition coefficient (Wildman–Crippen LogP) is 1.21. The molecule has 1 aromatic rings. The number of carbonyl (C=O) groups is 1. The maximum atomic E-state index is 12.4. The first-order valence-corrected chi connectivity index (χ1v) is 12.7. The zero-order valence-electron chi connectivity index (χ0n) is 20.1. The fourth-order valence-corrected chi connectivity index (χ4v) is 9.40. The van der Waals surface area contributed by atoms with Crippen LogP contribution in [0.1, 0.15) is 70.3 Å². The fourth-order valence-electron chi connectivity index (χ4n) is 9.40. The SMILES string of the molecule is CC(=O)O[C@@H]1C[C@H](O)C[C@@]2(O)CC[C@@H]3[C@@H]4[C@@H](C[C@]5(C)[C@@H](c6ccc(=O)oc6)CC[C@]35O)O[C@@H](O)[C@]412. The summed E-state index contributed by atoms with van der Waals surface area (Å²) in [5, 5.41) is 46.4. The van der Waals surface area contributed by atoms with Gasteiger partial charge in [0.15, 0.2) is 6.29 Å². The molecule has 5 aliphatic rings. The third-order valence-electron chi connectivity index (χ3n) is 10.6. The number of carbonyl (C=O) groups excluding carboxylic acids is 1. The Hall–Kier alpha value is -1.78. The minimum absolute atomic E-state index is 0.0580. The Morgan fingerprint density at radius 1 is 1.14 bits per heavy atom. The Balaban J connectivity index is 1.46. The van der Waals surface area contributed by atoms with Crippen molar-refractivity contribution in [3.63, 3.8) is 0 Å². The molecule has 0 amide bonds. The maximum absolute atomic E-state index is 12.4. The lowest BCUT2D eigenvalue weighted by Crippen LogP contribution is -2.74. The van der Waals surface area contributed by atoms with Gasteiger partial charge in [-0.05, 0) is 55.6 Å². The molecule has 1 aliphatic heterocycles. The van der Waals surface area contributed by atoms with Crippen molar-refractivity contribution in [2.75, 3.05) is 0 Å². The van der Waals surface area contributed by atoms with Crippen molar-refractivity contribution >= 4 is 5.97 Å². The van der Waals surface area contributed by atoms with Gasteiger partial charge in [-0.3, -0.25) is 4.79 Å². The molecule has 2 heterocycles. The summed E-state index contributed by atoms with van der Waals surface area (Å²) in [6.07, 6.45) is 0.333. The van der Waals surface area contributed by atoms with E-state index in [1.807, 2.05) is 6.92 Å². The van der Waals surface area contributed by atoms with E-state index in [0.717, 1.165) is 5.56 Å². The van der Waals surface area contributed by atoms with Gasteiger partial charge >= 0.3 is 11.6 Å². The molecule has 1 aromatic heterocycles. The van der Waals surface area contributed by atoms with Crippen molar-refractivity contribution in [1.29, 1.82) is 0 Å². The third kappa shape index (κ3) is 2.82. The summed E-state index contributed by atoms with van der Waals surface area (Å²) in [6.45, 7) is 3.32. The number of ether oxygens (including phenoxy) is 2. The van der Waals surface area contributed by atoms with Gasteiger partial charge in [-0.2, -0.15) is 0 Å². The minimum atomic E-state index is -1.49.